The lowest BCUT2D eigenvalue weighted by atomic mass is 10.2. The largest absolute Gasteiger partial charge is 0.481 e. The Morgan fingerprint density at radius 1 is 1.40 bits per heavy atom. The Kier molecular flexibility index (Phi) is 5.09. The summed E-state index contributed by atoms with van der Waals surface area (Å²) in [4.78, 5) is 12.4. The van der Waals surface area contributed by atoms with Gasteiger partial charge in [-0.05, 0) is 49.7 Å². The Morgan fingerprint density at radius 2 is 2.24 bits per heavy atom. The van der Waals surface area contributed by atoms with Gasteiger partial charge in [0.2, 0.25) is 0 Å². The van der Waals surface area contributed by atoms with Gasteiger partial charge in [-0.1, -0.05) is 11.6 Å². The smallest absolute Gasteiger partial charge is 0.266 e. The van der Waals surface area contributed by atoms with Gasteiger partial charge in [-0.25, -0.2) is 4.68 Å². The fourth-order valence-electron chi connectivity index (χ4n) is 2.29. The van der Waals surface area contributed by atoms with Crippen LogP contribution in [0.25, 0.3) is 0 Å². The third kappa shape index (κ3) is 4.22. The van der Waals surface area contributed by atoms with Crippen molar-refractivity contribution in [3.05, 3.63) is 65.2 Å². The van der Waals surface area contributed by atoms with Crippen LogP contribution in [0, 0.1) is 6.92 Å². The number of rotatable bonds is 6. The molecule has 0 saturated carbocycles. The summed E-state index contributed by atoms with van der Waals surface area (Å²) in [6.45, 7) is 4.00. The van der Waals surface area contributed by atoms with E-state index in [9.17, 15) is 4.79 Å². The maximum atomic E-state index is 12.4. The van der Waals surface area contributed by atoms with Crippen molar-refractivity contribution < 1.29 is 13.9 Å². The molecule has 1 atom stereocenters. The second kappa shape index (κ2) is 7.44. The summed E-state index contributed by atoms with van der Waals surface area (Å²) in [7, 11) is 0. The predicted octanol–water partition coefficient (Wildman–Crippen LogP) is 3.89. The first-order valence-corrected chi connectivity index (χ1v) is 8.18. The highest BCUT2D eigenvalue weighted by Gasteiger charge is 2.17. The summed E-state index contributed by atoms with van der Waals surface area (Å²) in [6, 6.07) is 10.7. The molecule has 25 heavy (non-hydrogen) atoms. The zero-order valence-electron chi connectivity index (χ0n) is 13.9. The number of aromatic nitrogens is 2. The van der Waals surface area contributed by atoms with Crippen molar-refractivity contribution in [3.8, 4) is 5.75 Å². The van der Waals surface area contributed by atoms with Gasteiger partial charge in [0, 0.05) is 11.1 Å². The summed E-state index contributed by atoms with van der Waals surface area (Å²) in [5.74, 6) is 1.65. The molecule has 0 radical (unpaired) electrons. The van der Waals surface area contributed by atoms with Crippen molar-refractivity contribution in [1.82, 2.24) is 9.78 Å². The quantitative estimate of drug-likeness (QED) is 0.724. The number of ether oxygens (including phenoxy) is 1. The maximum Gasteiger partial charge on any atom is 0.266 e. The summed E-state index contributed by atoms with van der Waals surface area (Å²) < 4.78 is 12.6. The van der Waals surface area contributed by atoms with E-state index in [1.54, 1.807) is 54.4 Å². The van der Waals surface area contributed by atoms with Gasteiger partial charge >= 0.3 is 0 Å². The van der Waals surface area contributed by atoms with Crippen molar-refractivity contribution in [2.45, 2.75) is 26.5 Å². The molecule has 0 aliphatic heterocycles. The molecule has 3 aromatic rings. The predicted molar refractivity (Wildman–Crippen MR) is 94.9 cm³/mol. The average Bonchev–Trinajstić information content (AvgIpc) is 3.24. The van der Waals surface area contributed by atoms with E-state index < -0.39 is 6.10 Å². The summed E-state index contributed by atoms with van der Waals surface area (Å²) in [6.07, 6.45) is 2.54. The van der Waals surface area contributed by atoms with Crippen molar-refractivity contribution in [2.24, 2.45) is 0 Å². The molecule has 1 amide bonds. The number of hydrogen-bond acceptors (Lipinski definition) is 4. The molecule has 1 aromatic carbocycles. The molecule has 2 aromatic heterocycles. The summed E-state index contributed by atoms with van der Waals surface area (Å²) in [5, 5.41) is 7.67. The molecule has 0 saturated heterocycles. The Balaban J connectivity index is 1.63. The number of carbonyl (C=O) groups is 1. The average molecular weight is 360 g/mol. The van der Waals surface area contributed by atoms with Gasteiger partial charge in [0.05, 0.1) is 12.5 Å². The molecule has 1 unspecified atom stereocenters. The van der Waals surface area contributed by atoms with E-state index in [0.29, 0.717) is 23.1 Å². The third-order valence-electron chi connectivity index (χ3n) is 3.67. The molecule has 1 N–H and O–H groups in total. The highest BCUT2D eigenvalue weighted by atomic mass is 35.5. The van der Waals surface area contributed by atoms with Crippen molar-refractivity contribution in [1.29, 1.82) is 0 Å². The first-order valence-electron chi connectivity index (χ1n) is 7.81. The van der Waals surface area contributed by atoms with Crippen LogP contribution in [0.4, 0.5) is 5.82 Å². The molecule has 130 valence electrons. The molecule has 3 rings (SSSR count). The van der Waals surface area contributed by atoms with E-state index in [-0.39, 0.29) is 5.91 Å². The van der Waals surface area contributed by atoms with E-state index in [1.165, 1.54) is 0 Å². The monoisotopic (exact) mass is 359 g/mol. The lowest BCUT2D eigenvalue weighted by molar-refractivity contribution is -0.122. The fourth-order valence-corrected chi connectivity index (χ4v) is 2.41. The molecule has 0 aliphatic rings. The zero-order valence-corrected chi connectivity index (χ0v) is 14.7. The van der Waals surface area contributed by atoms with E-state index in [0.717, 1.165) is 11.3 Å². The SMILES string of the molecule is Cc1cc(OC(C)C(=O)Nc2ccnn2Cc2ccco2)ccc1Cl. The van der Waals surface area contributed by atoms with Crippen LogP contribution in [0.3, 0.4) is 0 Å². The first kappa shape index (κ1) is 17.1. The Labute approximate surface area is 150 Å². The first-order chi connectivity index (χ1) is 12.0. The van der Waals surface area contributed by atoms with Crippen molar-refractivity contribution >= 4 is 23.3 Å². The highest BCUT2D eigenvalue weighted by molar-refractivity contribution is 6.31. The van der Waals surface area contributed by atoms with E-state index >= 15 is 0 Å². The standard InChI is InChI=1S/C18H18ClN3O3/c1-12-10-14(5-6-16(12)19)25-13(2)18(23)21-17-7-8-20-22(17)11-15-4-3-9-24-15/h3-10,13H,11H2,1-2H3,(H,21,23). The number of nitrogens with one attached hydrogen (secondary N) is 1. The van der Waals surface area contributed by atoms with E-state index in [1.807, 2.05) is 13.0 Å². The fraction of sp³-hybridized carbons (Fsp3) is 0.222. The zero-order chi connectivity index (χ0) is 17.8. The van der Waals surface area contributed by atoms with Gasteiger partial charge in [-0.15, -0.1) is 0 Å². The number of hydrogen-bond donors (Lipinski definition) is 1. The Bertz CT molecular complexity index is 858. The molecule has 2 heterocycles. The van der Waals surface area contributed by atoms with Crippen LogP contribution in [0.2, 0.25) is 5.02 Å². The van der Waals surface area contributed by atoms with Crippen molar-refractivity contribution in [3.63, 3.8) is 0 Å². The molecular formula is C18H18ClN3O3. The van der Waals surface area contributed by atoms with Gasteiger partial charge in [0.15, 0.2) is 6.10 Å². The van der Waals surface area contributed by atoms with Crippen LogP contribution in [0.1, 0.15) is 18.2 Å². The molecule has 0 spiro atoms. The Hall–Kier alpha value is -2.73. The van der Waals surface area contributed by atoms with E-state index in [4.69, 9.17) is 20.8 Å². The summed E-state index contributed by atoms with van der Waals surface area (Å²) >= 11 is 6.00. The molecule has 0 bridgehead atoms. The minimum atomic E-state index is -0.674. The van der Waals surface area contributed by atoms with Crippen LogP contribution in [0.5, 0.6) is 5.75 Å². The lowest BCUT2D eigenvalue weighted by Crippen LogP contribution is -2.31. The lowest BCUT2D eigenvalue weighted by Gasteiger charge is -2.16. The van der Waals surface area contributed by atoms with Crippen LogP contribution in [-0.4, -0.2) is 21.8 Å². The van der Waals surface area contributed by atoms with Crippen LogP contribution >= 0.6 is 11.6 Å². The van der Waals surface area contributed by atoms with Gasteiger partial charge in [0.25, 0.3) is 5.91 Å². The molecule has 0 fully saturated rings. The third-order valence-corrected chi connectivity index (χ3v) is 4.09. The van der Waals surface area contributed by atoms with Gasteiger partial charge in [-0.2, -0.15) is 5.10 Å². The molecule has 0 aliphatic carbocycles. The van der Waals surface area contributed by atoms with Crippen LogP contribution in [-0.2, 0) is 11.3 Å². The topological polar surface area (TPSA) is 69.3 Å². The molecule has 6 nitrogen and oxygen atoms in total. The van der Waals surface area contributed by atoms with Crippen LogP contribution in [0.15, 0.2) is 53.3 Å². The molecule has 7 heteroatoms. The molecular weight excluding hydrogens is 342 g/mol. The van der Waals surface area contributed by atoms with Gasteiger partial charge in [0.1, 0.15) is 23.9 Å². The van der Waals surface area contributed by atoms with Gasteiger partial charge < -0.3 is 14.5 Å². The van der Waals surface area contributed by atoms with Gasteiger partial charge in [-0.3, -0.25) is 4.79 Å². The number of anilines is 1. The summed E-state index contributed by atoms with van der Waals surface area (Å²) in [5.41, 5.74) is 0.892. The number of furan rings is 1. The highest BCUT2D eigenvalue weighted by Crippen LogP contribution is 2.22. The second-order valence-corrected chi connectivity index (χ2v) is 6.02. The number of carbonyl (C=O) groups excluding carboxylic acids is 1. The van der Waals surface area contributed by atoms with E-state index in [2.05, 4.69) is 10.4 Å². The van der Waals surface area contributed by atoms with Crippen LogP contribution < -0.4 is 10.1 Å². The normalized spacial score (nSPS) is 12.0. The number of halogens is 1. The number of amides is 1. The van der Waals surface area contributed by atoms with Crippen molar-refractivity contribution in [2.75, 3.05) is 5.32 Å². The Morgan fingerprint density at radius 3 is 2.96 bits per heavy atom. The minimum Gasteiger partial charge on any atom is -0.481 e. The number of nitrogens with zero attached hydrogens (tertiary/aromatic N) is 2. The minimum absolute atomic E-state index is 0.270. The second-order valence-electron chi connectivity index (χ2n) is 5.61. The number of aryl methyl sites for hydroxylation is 1. The maximum absolute atomic E-state index is 12.4. The number of benzene rings is 1.